The molecule has 0 spiro atoms. The van der Waals surface area contributed by atoms with E-state index in [0.29, 0.717) is 32.2 Å². The van der Waals surface area contributed by atoms with Crippen LogP contribution in [0.3, 0.4) is 0 Å². The number of fused-ring (bicyclic) bond motifs is 2. The summed E-state index contributed by atoms with van der Waals surface area (Å²) in [5, 5.41) is 3.62. The van der Waals surface area contributed by atoms with Crippen molar-refractivity contribution < 1.29 is 37.9 Å². The molecular formula is C74H83IN2O8. The fourth-order valence-corrected chi connectivity index (χ4v) is 10.9. The van der Waals surface area contributed by atoms with Gasteiger partial charge in [0.1, 0.15) is 26.4 Å². The Hall–Kier alpha value is -7.71. The number of methoxy groups -OCH3 is 4. The molecule has 85 heavy (non-hydrogen) atoms. The molecular weight excluding hydrogens is 1170 g/mol. The lowest BCUT2D eigenvalue weighted by Gasteiger charge is -2.36. The number of nitrogens with zero attached hydrogens (tertiary/aromatic N) is 1. The highest BCUT2D eigenvalue weighted by Crippen LogP contribution is 2.41. The lowest BCUT2D eigenvalue weighted by Crippen LogP contribution is -2.35. The Morgan fingerprint density at radius 1 is 0.447 bits per heavy atom. The van der Waals surface area contributed by atoms with Gasteiger partial charge in [-0.25, -0.2) is 0 Å². The third-order valence-corrected chi connectivity index (χ3v) is 15.6. The van der Waals surface area contributed by atoms with Gasteiger partial charge in [-0.3, -0.25) is 4.90 Å². The van der Waals surface area contributed by atoms with E-state index in [-0.39, 0.29) is 12.1 Å². The molecule has 0 radical (unpaired) electrons. The first kappa shape index (κ1) is 63.3. The molecule has 444 valence electrons. The first-order chi connectivity index (χ1) is 41.8. The second-order valence-electron chi connectivity index (χ2n) is 20.8. The van der Waals surface area contributed by atoms with Crippen molar-refractivity contribution in [1.82, 2.24) is 10.2 Å². The van der Waals surface area contributed by atoms with Crippen molar-refractivity contribution in [2.24, 2.45) is 0 Å². The molecule has 1 N–H and O–H groups in total. The number of benzene rings is 8. The van der Waals surface area contributed by atoms with Crippen LogP contribution in [0.4, 0.5) is 0 Å². The van der Waals surface area contributed by atoms with E-state index in [4.69, 9.17) is 37.9 Å². The minimum Gasteiger partial charge on any atom is -0.493 e. The predicted octanol–water partition coefficient (Wildman–Crippen LogP) is 17.3. The molecule has 2 aliphatic heterocycles. The first-order valence-corrected chi connectivity index (χ1v) is 31.2. The van der Waals surface area contributed by atoms with Gasteiger partial charge < -0.3 is 43.2 Å². The quantitative estimate of drug-likeness (QED) is 0.0441. The van der Waals surface area contributed by atoms with E-state index < -0.39 is 0 Å². The van der Waals surface area contributed by atoms with E-state index in [1.807, 2.05) is 97.1 Å². The summed E-state index contributed by atoms with van der Waals surface area (Å²) in [4.78, 5) is 2.57. The third kappa shape index (κ3) is 18.9. The standard InChI is InChI=1S/C37H41NO4.C33H33NO4.C4H9I/c1-4-5-21-38-22-20-31-24-37(42-27-30-14-10-7-11-15-30)35(40-3)25-32(31)33(38)18-16-28-17-19-34(39-2)36(23-28)41-26-29-12-8-6-9-13-29;1-35-30-16-14-24(19-32(30)37-22-25-9-5-3-6-10-25)13-15-29-28-21-31(36-2)33(20-27(28)17-18-34-29)38-23-26-11-7-4-8-12-26;1-2-3-4-5/h6-19,23-25,33H,4-5,20-22,26-27H2,1-3H3;3-16,19-21,29,34H,17-18,22-23H2,1-2H3;2-4H2,1H3/b18-16+;15-13+;. The summed E-state index contributed by atoms with van der Waals surface area (Å²) in [6.45, 7) is 9.37. The summed E-state index contributed by atoms with van der Waals surface area (Å²) in [7, 11) is 6.74. The smallest absolute Gasteiger partial charge is 0.162 e. The highest BCUT2D eigenvalue weighted by atomic mass is 127. The molecule has 0 bridgehead atoms. The topological polar surface area (TPSA) is 89.1 Å². The highest BCUT2D eigenvalue weighted by molar-refractivity contribution is 14.1. The number of hydrogen-bond donors (Lipinski definition) is 1. The molecule has 0 fully saturated rings. The maximum absolute atomic E-state index is 6.24. The van der Waals surface area contributed by atoms with Crippen LogP contribution in [-0.2, 0) is 39.3 Å². The summed E-state index contributed by atoms with van der Waals surface area (Å²) in [6.07, 6.45) is 15.8. The zero-order valence-electron chi connectivity index (χ0n) is 50.3. The SMILES string of the molecule is CCCCI.CCCCN1CCc2cc(OCc3ccccc3)c(OC)cc2C1/C=C/c1ccc(OC)c(OCc2ccccc2)c1.COc1ccc(/C=C/C2NCCc3cc(OCc4ccccc4)c(OC)cc32)cc1OCc1ccccc1. The van der Waals surface area contributed by atoms with Crippen molar-refractivity contribution in [3.8, 4) is 46.0 Å². The number of alkyl halides is 1. The van der Waals surface area contributed by atoms with Crippen LogP contribution in [0.1, 0.15) is 107 Å². The van der Waals surface area contributed by atoms with Crippen molar-refractivity contribution >= 4 is 34.7 Å². The number of ether oxygens (including phenoxy) is 8. The maximum Gasteiger partial charge on any atom is 0.162 e. The molecule has 10 rings (SSSR count). The molecule has 8 aromatic rings. The largest absolute Gasteiger partial charge is 0.493 e. The van der Waals surface area contributed by atoms with Gasteiger partial charge in [0.15, 0.2) is 46.0 Å². The molecule has 2 atom stereocenters. The molecule has 0 saturated heterocycles. The van der Waals surface area contributed by atoms with Crippen LogP contribution in [0.25, 0.3) is 12.2 Å². The number of hydrogen-bond acceptors (Lipinski definition) is 10. The van der Waals surface area contributed by atoms with Crippen LogP contribution in [0.5, 0.6) is 46.0 Å². The monoisotopic (exact) mass is 1250 g/mol. The Morgan fingerprint density at radius 2 is 0.859 bits per heavy atom. The van der Waals surface area contributed by atoms with Crippen LogP contribution < -0.4 is 43.2 Å². The number of nitrogens with one attached hydrogen (secondary N) is 1. The molecule has 10 nitrogen and oxygen atoms in total. The zero-order chi connectivity index (χ0) is 59.4. The number of unbranched alkanes of at least 4 members (excludes halogenated alkanes) is 2. The average molecular weight is 1260 g/mol. The maximum atomic E-state index is 6.24. The fraction of sp³-hybridized carbons (Fsp3) is 0.297. The van der Waals surface area contributed by atoms with Crippen LogP contribution in [0.15, 0.2) is 194 Å². The van der Waals surface area contributed by atoms with E-state index in [1.165, 1.54) is 39.5 Å². The van der Waals surface area contributed by atoms with Crippen LogP contribution in [0, 0.1) is 0 Å². The van der Waals surface area contributed by atoms with Crippen LogP contribution >= 0.6 is 22.6 Å². The van der Waals surface area contributed by atoms with E-state index in [9.17, 15) is 0 Å². The minimum absolute atomic E-state index is 0.0617. The average Bonchev–Trinajstić information content (AvgIpc) is 3.32. The molecule has 8 aromatic carbocycles. The Kier molecular flexibility index (Phi) is 25.5. The molecule has 0 aliphatic carbocycles. The Morgan fingerprint density at radius 3 is 1.27 bits per heavy atom. The first-order valence-electron chi connectivity index (χ1n) is 29.7. The van der Waals surface area contributed by atoms with Gasteiger partial charge in [0.25, 0.3) is 0 Å². The van der Waals surface area contributed by atoms with E-state index in [2.05, 4.69) is 156 Å². The van der Waals surface area contributed by atoms with E-state index in [0.717, 1.165) is 119 Å². The van der Waals surface area contributed by atoms with Crippen molar-refractivity contribution in [3.63, 3.8) is 0 Å². The van der Waals surface area contributed by atoms with Gasteiger partial charge in [-0.05, 0) is 141 Å². The van der Waals surface area contributed by atoms with Crippen molar-refractivity contribution in [1.29, 1.82) is 0 Å². The number of rotatable bonds is 25. The third-order valence-electron chi connectivity index (χ3n) is 14.9. The van der Waals surface area contributed by atoms with Crippen molar-refractivity contribution in [2.45, 2.75) is 90.9 Å². The molecule has 0 aromatic heterocycles. The summed E-state index contributed by atoms with van der Waals surface area (Å²) in [6, 6.07) is 61.6. The summed E-state index contributed by atoms with van der Waals surface area (Å²) >= 11 is 2.39. The lowest BCUT2D eigenvalue weighted by atomic mass is 9.91. The normalized spacial score (nSPS) is 14.4. The van der Waals surface area contributed by atoms with Gasteiger partial charge in [-0.15, -0.1) is 0 Å². The highest BCUT2D eigenvalue weighted by Gasteiger charge is 2.28. The van der Waals surface area contributed by atoms with E-state index in [1.54, 1.807) is 28.4 Å². The molecule has 2 unspecified atom stereocenters. The second kappa shape index (κ2) is 34.3. The van der Waals surface area contributed by atoms with Crippen LogP contribution in [0.2, 0.25) is 0 Å². The predicted molar refractivity (Wildman–Crippen MR) is 354 cm³/mol. The molecule has 11 heteroatoms. The van der Waals surface area contributed by atoms with Crippen molar-refractivity contribution in [2.75, 3.05) is 52.5 Å². The lowest BCUT2D eigenvalue weighted by molar-refractivity contribution is 0.214. The zero-order valence-corrected chi connectivity index (χ0v) is 52.4. The number of halogens is 1. The second-order valence-corrected chi connectivity index (χ2v) is 21.9. The van der Waals surface area contributed by atoms with Gasteiger partial charge in [-0.2, -0.15) is 0 Å². The fourth-order valence-electron chi connectivity index (χ4n) is 10.2. The Bertz CT molecular complexity index is 3320. The Labute approximate surface area is 518 Å². The van der Waals surface area contributed by atoms with Gasteiger partial charge in [0, 0.05) is 13.1 Å². The van der Waals surface area contributed by atoms with Crippen LogP contribution in [-0.4, -0.2) is 57.4 Å². The summed E-state index contributed by atoms with van der Waals surface area (Å²) in [5.41, 5.74) is 11.6. The van der Waals surface area contributed by atoms with E-state index >= 15 is 0 Å². The molecule has 0 amide bonds. The molecule has 2 aliphatic rings. The van der Waals surface area contributed by atoms with Gasteiger partial charge in [0.2, 0.25) is 0 Å². The van der Waals surface area contributed by atoms with Crippen molar-refractivity contribution in [3.05, 3.63) is 250 Å². The molecule has 2 heterocycles. The summed E-state index contributed by atoms with van der Waals surface area (Å²) in [5.74, 6) is 5.96. The molecule has 0 saturated carbocycles. The van der Waals surface area contributed by atoms with Gasteiger partial charge in [0.05, 0.1) is 40.5 Å². The Balaban J connectivity index is 0.000000206. The minimum atomic E-state index is 0.0617. The van der Waals surface area contributed by atoms with Gasteiger partial charge in [-0.1, -0.05) is 207 Å². The summed E-state index contributed by atoms with van der Waals surface area (Å²) < 4.78 is 48.6. The van der Waals surface area contributed by atoms with Gasteiger partial charge >= 0.3 is 0 Å².